The molecule has 2 nitrogen and oxygen atoms in total. The molecule has 0 radical (unpaired) electrons. The molecule has 1 heterocycles. The molecular weight excluding hydrogens is 399 g/mol. The Morgan fingerprint density at radius 1 is 0.828 bits per heavy atom. The average Bonchev–Trinajstić information content (AvgIpc) is 3.20. The maximum absolute atomic E-state index is 6.11. The quantitative estimate of drug-likeness (QED) is 0.497. The minimum atomic E-state index is -0.0324. The van der Waals surface area contributed by atoms with E-state index in [0.29, 0.717) is 0 Å². The predicted octanol–water partition coefficient (Wildman–Crippen LogP) is 6.79. The van der Waals surface area contributed by atoms with E-state index in [2.05, 4.69) is 59.9 Å². The van der Waals surface area contributed by atoms with Crippen LogP contribution in [-0.2, 0) is 6.42 Å². The standard InChI is InChI=1S/C25H20Cl2N2/c26-21-11-7-17(8-12-21)23-24(18-9-13-22(27)14-10-18)29-25(28-23)20-6-5-16-3-1-2-4-19(16)15-20/h2,4-15,23-24H,1,3H2,(H,28,29)/t23-,24+. The van der Waals surface area contributed by atoms with E-state index in [9.17, 15) is 0 Å². The summed E-state index contributed by atoms with van der Waals surface area (Å²) in [5, 5.41) is 5.13. The number of allylic oxidation sites excluding steroid dienone is 1. The Balaban J connectivity index is 1.54. The number of nitrogens with zero attached hydrogens (tertiary/aromatic N) is 1. The molecule has 5 rings (SSSR count). The van der Waals surface area contributed by atoms with E-state index in [1.165, 1.54) is 11.1 Å². The number of amidine groups is 1. The Morgan fingerprint density at radius 3 is 2.24 bits per heavy atom. The molecule has 0 saturated heterocycles. The van der Waals surface area contributed by atoms with Crippen molar-refractivity contribution in [3.05, 3.63) is 111 Å². The lowest BCUT2D eigenvalue weighted by atomic mass is 9.94. The van der Waals surface area contributed by atoms with E-state index >= 15 is 0 Å². The molecule has 1 aliphatic carbocycles. The molecule has 2 aliphatic rings. The Labute approximate surface area is 180 Å². The highest BCUT2D eigenvalue weighted by atomic mass is 35.5. The number of nitrogens with one attached hydrogen (secondary N) is 1. The highest BCUT2D eigenvalue weighted by molar-refractivity contribution is 6.30. The minimum Gasteiger partial charge on any atom is -0.361 e. The van der Waals surface area contributed by atoms with Gasteiger partial charge < -0.3 is 5.32 Å². The largest absolute Gasteiger partial charge is 0.361 e. The van der Waals surface area contributed by atoms with Crippen LogP contribution in [0.3, 0.4) is 0 Å². The summed E-state index contributed by atoms with van der Waals surface area (Å²) in [4.78, 5) is 5.09. The summed E-state index contributed by atoms with van der Waals surface area (Å²) in [5.41, 5.74) is 6.10. The third kappa shape index (κ3) is 3.71. The topological polar surface area (TPSA) is 24.4 Å². The Kier molecular flexibility index (Phi) is 4.91. The summed E-state index contributed by atoms with van der Waals surface area (Å²) in [6.07, 6.45) is 6.67. The van der Waals surface area contributed by atoms with Gasteiger partial charge in [0, 0.05) is 15.6 Å². The first-order valence-corrected chi connectivity index (χ1v) is 10.6. The van der Waals surface area contributed by atoms with Crippen molar-refractivity contribution in [3.63, 3.8) is 0 Å². The highest BCUT2D eigenvalue weighted by Gasteiger charge is 2.32. The number of aliphatic imine (C=N–C) groups is 1. The van der Waals surface area contributed by atoms with Crippen LogP contribution in [-0.4, -0.2) is 5.84 Å². The van der Waals surface area contributed by atoms with Crippen molar-refractivity contribution in [1.82, 2.24) is 5.32 Å². The van der Waals surface area contributed by atoms with Gasteiger partial charge in [0.05, 0.1) is 6.04 Å². The summed E-state index contributed by atoms with van der Waals surface area (Å²) in [7, 11) is 0. The lowest BCUT2D eigenvalue weighted by molar-refractivity contribution is 0.572. The molecule has 0 spiro atoms. The van der Waals surface area contributed by atoms with Gasteiger partial charge in [-0.15, -0.1) is 0 Å². The number of fused-ring (bicyclic) bond motifs is 1. The van der Waals surface area contributed by atoms with Gasteiger partial charge in [0.1, 0.15) is 11.9 Å². The third-order valence-corrected chi connectivity index (χ3v) is 6.12. The number of benzene rings is 3. The summed E-state index contributed by atoms with van der Waals surface area (Å²) in [5.74, 6) is 0.923. The fraction of sp³-hybridized carbons (Fsp3) is 0.160. The summed E-state index contributed by atoms with van der Waals surface area (Å²) in [6.45, 7) is 0. The smallest absolute Gasteiger partial charge is 0.129 e. The predicted molar refractivity (Wildman–Crippen MR) is 122 cm³/mol. The molecule has 3 aromatic carbocycles. The molecule has 1 aliphatic heterocycles. The van der Waals surface area contributed by atoms with Crippen molar-refractivity contribution < 1.29 is 0 Å². The summed E-state index contributed by atoms with van der Waals surface area (Å²) >= 11 is 12.2. The van der Waals surface area contributed by atoms with Crippen LogP contribution in [0, 0.1) is 0 Å². The van der Waals surface area contributed by atoms with Crippen molar-refractivity contribution >= 4 is 35.1 Å². The van der Waals surface area contributed by atoms with E-state index in [-0.39, 0.29) is 12.1 Å². The first kappa shape index (κ1) is 18.5. The molecule has 29 heavy (non-hydrogen) atoms. The van der Waals surface area contributed by atoms with Crippen molar-refractivity contribution in [2.75, 3.05) is 0 Å². The van der Waals surface area contributed by atoms with Crippen LogP contribution in [0.4, 0.5) is 0 Å². The maximum Gasteiger partial charge on any atom is 0.129 e. The number of halogens is 2. The Bertz CT molecular complexity index is 1100. The second kappa shape index (κ2) is 7.70. The van der Waals surface area contributed by atoms with Crippen LogP contribution in [0.15, 0.2) is 77.8 Å². The second-order valence-electron chi connectivity index (χ2n) is 7.50. The number of hydrogen-bond donors (Lipinski definition) is 1. The lowest BCUT2D eigenvalue weighted by Gasteiger charge is -2.20. The van der Waals surface area contributed by atoms with Gasteiger partial charge in [-0.25, -0.2) is 0 Å². The van der Waals surface area contributed by atoms with Crippen LogP contribution in [0.5, 0.6) is 0 Å². The number of aryl methyl sites for hydroxylation is 1. The molecule has 2 atom stereocenters. The van der Waals surface area contributed by atoms with Crippen molar-refractivity contribution in [2.24, 2.45) is 4.99 Å². The fourth-order valence-electron chi connectivity index (χ4n) is 4.07. The molecule has 0 amide bonds. The van der Waals surface area contributed by atoms with Crippen molar-refractivity contribution in [2.45, 2.75) is 24.9 Å². The molecule has 3 aromatic rings. The fourth-order valence-corrected chi connectivity index (χ4v) is 4.32. The van der Waals surface area contributed by atoms with Crippen LogP contribution in [0.25, 0.3) is 6.08 Å². The van der Waals surface area contributed by atoms with Gasteiger partial charge in [0.25, 0.3) is 0 Å². The lowest BCUT2D eigenvalue weighted by Crippen LogP contribution is -2.25. The molecule has 0 aromatic heterocycles. The number of hydrogen-bond acceptors (Lipinski definition) is 2. The maximum atomic E-state index is 6.11. The molecule has 144 valence electrons. The molecule has 0 saturated carbocycles. The molecular formula is C25H20Cl2N2. The normalized spacial score (nSPS) is 20.1. The van der Waals surface area contributed by atoms with Gasteiger partial charge >= 0.3 is 0 Å². The van der Waals surface area contributed by atoms with Crippen molar-refractivity contribution in [3.8, 4) is 0 Å². The van der Waals surface area contributed by atoms with Gasteiger partial charge in [-0.3, -0.25) is 4.99 Å². The van der Waals surface area contributed by atoms with Gasteiger partial charge in [0.2, 0.25) is 0 Å². The first-order valence-electron chi connectivity index (χ1n) is 9.82. The highest BCUT2D eigenvalue weighted by Crippen LogP contribution is 2.38. The van der Waals surface area contributed by atoms with Crippen molar-refractivity contribution in [1.29, 1.82) is 0 Å². The molecule has 1 N–H and O–H groups in total. The average molecular weight is 419 g/mol. The van der Waals surface area contributed by atoms with Gasteiger partial charge in [-0.1, -0.05) is 71.8 Å². The van der Waals surface area contributed by atoms with E-state index in [0.717, 1.165) is 45.4 Å². The van der Waals surface area contributed by atoms with E-state index in [1.807, 2.05) is 24.3 Å². The zero-order chi connectivity index (χ0) is 19.8. The van der Waals surface area contributed by atoms with Crippen LogP contribution in [0.2, 0.25) is 10.0 Å². The first-order chi connectivity index (χ1) is 14.2. The zero-order valence-corrected chi connectivity index (χ0v) is 17.3. The van der Waals surface area contributed by atoms with E-state index < -0.39 is 0 Å². The van der Waals surface area contributed by atoms with E-state index in [4.69, 9.17) is 28.2 Å². The second-order valence-corrected chi connectivity index (χ2v) is 8.38. The number of rotatable bonds is 3. The van der Waals surface area contributed by atoms with Gasteiger partial charge in [-0.05, 0) is 65.4 Å². The monoisotopic (exact) mass is 418 g/mol. The SMILES string of the molecule is Clc1ccc([C@H]2N=C(c3ccc4c(c3)C=CCC4)N[C@H]2c2ccc(Cl)cc2)cc1. The van der Waals surface area contributed by atoms with Gasteiger partial charge in [0.15, 0.2) is 0 Å². The third-order valence-electron chi connectivity index (χ3n) is 5.61. The molecule has 0 bridgehead atoms. The summed E-state index contributed by atoms with van der Waals surface area (Å²) in [6, 6.07) is 22.6. The molecule has 0 unspecified atom stereocenters. The molecule has 4 heteroatoms. The van der Waals surface area contributed by atoms with Gasteiger partial charge in [-0.2, -0.15) is 0 Å². The van der Waals surface area contributed by atoms with E-state index in [1.54, 1.807) is 0 Å². The zero-order valence-electron chi connectivity index (χ0n) is 15.8. The Morgan fingerprint density at radius 2 is 1.52 bits per heavy atom. The van der Waals surface area contributed by atoms with Crippen LogP contribution in [0.1, 0.15) is 46.3 Å². The molecule has 0 fully saturated rings. The minimum absolute atomic E-state index is 0.0324. The van der Waals surface area contributed by atoms with Crippen LogP contribution >= 0.6 is 23.2 Å². The summed E-state index contributed by atoms with van der Waals surface area (Å²) < 4.78 is 0. The Hall–Kier alpha value is -2.55. The van der Waals surface area contributed by atoms with Crippen LogP contribution < -0.4 is 5.32 Å².